The van der Waals surface area contributed by atoms with Gasteiger partial charge in [0, 0.05) is 19.8 Å². The molecule has 0 saturated heterocycles. The predicted octanol–water partition coefficient (Wildman–Crippen LogP) is 2.37. The SMILES string of the molecule is CCCCCCn1c(O)c(C=Nc2c(C)n(C)n(-c3ccccc3)c2=O)c(=O)[nH]c1=O. The summed E-state index contributed by atoms with van der Waals surface area (Å²) in [7, 11) is 1.74. The molecule has 0 unspecified atom stereocenters. The van der Waals surface area contributed by atoms with E-state index in [1.165, 1.54) is 4.68 Å². The average molecular weight is 425 g/mol. The topological polar surface area (TPSA) is 114 Å². The molecule has 9 nitrogen and oxygen atoms in total. The maximum absolute atomic E-state index is 13.0. The summed E-state index contributed by atoms with van der Waals surface area (Å²) in [4.78, 5) is 43.7. The van der Waals surface area contributed by atoms with Crippen LogP contribution in [0, 0.1) is 6.92 Å². The van der Waals surface area contributed by atoms with Gasteiger partial charge in [-0.1, -0.05) is 44.4 Å². The third kappa shape index (κ3) is 4.45. The number of H-pyrrole nitrogens is 1. The first-order chi connectivity index (χ1) is 14.9. The number of nitrogens with one attached hydrogen (secondary N) is 1. The molecule has 0 amide bonds. The van der Waals surface area contributed by atoms with Crippen LogP contribution in [-0.4, -0.2) is 30.2 Å². The minimum atomic E-state index is -0.756. The molecular formula is C22H27N5O4. The lowest BCUT2D eigenvalue weighted by Crippen LogP contribution is -2.32. The van der Waals surface area contributed by atoms with Crippen molar-refractivity contribution in [3.8, 4) is 11.6 Å². The molecule has 2 aromatic heterocycles. The second kappa shape index (κ2) is 9.46. The molecule has 0 spiro atoms. The molecule has 0 radical (unpaired) electrons. The summed E-state index contributed by atoms with van der Waals surface area (Å²) >= 11 is 0. The summed E-state index contributed by atoms with van der Waals surface area (Å²) in [6, 6.07) is 9.12. The summed E-state index contributed by atoms with van der Waals surface area (Å²) in [5.41, 5.74) is -0.526. The van der Waals surface area contributed by atoms with Crippen molar-refractivity contribution in [2.75, 3.05) is 0 Å². The molecule has 3 aromatic rings. The second-order valence-electron chi connectivity index (χ2n) is 7.38. The Morgan fingerprint density at radius 3 is 2.48 bits per heavy atom. The van der Waals surface area contributed by atoms with E-state index in [1.54, 1.807) is 30.8 Å². The van der Waals surface area contributed by atoms with Gasteiger partial charge in [-0.3, -0.25) is 23.8 Å². The van der Waals surface area contributed by atoms with Gasteiger partial charge in [0.25, 0.3) is 11.1 Å². The van der Waals surface area contributed by atoms with Crippen LogP contribution >= 0.6 is 0 Å². The highest BCUT2D eigenvalue weighted by atomic mass is 16.3. The molecule has 0 aliphatic carbocycles. The zero-order valence-corrected chi connectivity index (χ0v) is 18.0. The molecule has 2 N–H and O–H groups in total. The molecule has 2 heterocycles. The van der Waals surface area contributed by atoms with E-state index in [0.717, 1.165) is 30.0 Å². The van der Waals surface area contributed by atoms with Crippen LogP contribution in [-0.2, 0) is 13.6 Å². The highest BCUT2D eigenvalue weighted by molar-refractivity contribution is 5.84. The standard InChI is InChI=1S/C22H27N5O4/c1-4-5-6-10-13-26-20(29)17(19(28)24-22(26)31)14-23-18-15(2)25(3)27(21(18)30)16-11-8-7-9-12-16/h7-9,11-12,14,29H,4-6,10,13H2,1-3H3,(H,24,28,31). The van der Waals surface area contributed by atoms with Crippen molar-refractivity contribution in [2.24, 2.45) is 12.0 Å². The van der Waals surface area contributed by atoms with E-state index in [1.807, 2.05) is 18.2 Å². The predicted molar refractivity (Wildman–Crippen MR) is 120 cm³/mol. The number of para-hydroxylation sites is 1. The Hall–Kier alpha value is -3.62. The Kier molecular flexibility index (Phi) is 6.74. The Bertz CT molecular complexity index is 1260. The molecule has 31 heavy (non-hydrogen) atoms. The number of unbranched alkanes of at least 4 members (excludes halogenated alkanes) is 3. The van der Waals surface area contributed by atoms with E-state index in [2.05, 4.69) is 16.9 Å². The molecule has 0 aliphatic rings. The minimum absolute atomic E-state index is 0.144. The van der Waals surface area contributed by atoms with Crippen molar-refractivity contribution in [3.63, 3.8) is 0 Å². The Labute approximate surface area is 178 Å². The lowest BCUT2D eigenvalue weighted by atomic mass is 10.2. The molecule has 164 valence electrons. The van der Waals surface area contributed by atoms with Gasteiger partial charge in [-0.05, 0) is 25.5 Å². The van der Waals surface area contributed by atoms with Crippen LogP contribution in [0.25, 0.3) is 5.69 Å². The summed E-state index contributed by atoms with van der Waals surface area (Å²) in [6.07, 6.45) is 4.81. The fourth-order valence-electron chi connectivity index (χ4n) is 3.43. The van der Waals surface area contributed by atoms with Gasteiger partial charge in [0.2, 0.25) is 5.88 Å². The van der Waals surface area contributed by atoms with Gasteiger partial charge < -0.3 is 5.11 Å². The number of aliphatic imine (C=N–C) groups is 1. The number of aromatic nitrogens is 4. The fourth-order valence-corrected chi connectivity index (χ4v) is 3.43. The van der Waals surface area contributed by atoms with E-state index in [-0.39, 0.29) is 23.4 Å². The van der Waals surface area contributed by atoms with Crippen LogP contribution in [0.4, 0.5) is 5.69 Å². The molecule has 3 rings (SSSR count). The molecule has 0 aliphatic heterocycles. The zero-order valence-electron chi connectivity index (χ0n) is 18.0. The number of aromatic amines is 1. The lowest BCUT2D eigenvalue weighted by Gasteiger charge is -2.09. The van der Waals surface area contributed by atoms with Crippen LogP contribution in [0.15, 0.2) is 49.7 Å². The fraction of sp³-hybridized carbons (Fsp3) is 0.364. The van der Waals surface area contributed by atoms with Crippen molar-refractivity contribution < 1.29 is 5.11 Å². The molecular weight excluding hydrogens is 398 g/mol. The van der Waals surface area contributed by atoms with Gasteiger partial charge in [0.05, 0.1) is 11.4 Å². The van der Waals surface area contributed by atoms with Crippen molar-refractivity contribution in [1.82, 2.24) is 18.9 Å². The van der Waals surface area contributed by atoms with Crippen molar-refractivity contribution in [2.45, 2.75) is 46.1 Å². The van der Waals surface area contributed by atoms with Crippen LogP contribution in [0.3, 0.4) is 0 Å². The van der Waals surface area contributed by atoms with E-state index < -0.39 is 17.1 Å². The van der Waals surface area contributed by atoms with Gasteiger partial charge in [-0.25, -0.2) is 14.5 Å². The molecule has 0 bridgehead atoms. The third-order valence-corrected chi connectivity index (χ3v) is 5.29. The lowest BCUT2D eigenvalue weighted by molar-refractivity contribution is 0.392. The normalized spacial score (nSPS) is 11.5. The first kappa shape index (κ1) is 22.1. The van der Waals surface area contributed by atoms with Gasteiger partial charge >= 0.3 is 5.69 Å². The molecule has 1 aromatic carbocycles. The summed E-state index contributed by atoms with van der Waals surface area (Å²) < 4.78 is 4.27. The number of hydrogen-bond donors (Lipinski definition) is 2. The Morgan fingerprint density at radius 1 is 1.10 bits per heavy atom. The van der Waals surface area contributed by atoms with E-state index in [4.69, 9.17) is 0 Å². The Balaban J connectivity index is 2.00. The maximum Gasteiger partial charge on any atom is 0.331 e. The minimum Gasteiger partial charge on any atom is -0.494 e. The molecule has 0 saturated carbocycles. The van der Waals surface area contributed by atoms with Gasteiger partial charge in [-0.15, -0.1) is 0 Å². The Morgan fingerprint density at radius 2 is 1.81 bits per heavy atom. The van der Waals surface area contributed by atoms with Crippen LogP contribution in [0.1, 0.15) is 43.9 Å². The number of aromatic hydroxyl groups is 1. The second-order valence-corrected chi connectivity index (χ2v) is 7.38. The van der Waals surface area contributed by atoms with Gasteiger partial charge in [-0.2, -0.15) is 0 Å². The smallest absolute Gasteiger partial charge is 0.331 e. The monoisotopic (exact) mass is 425 g/mol. The van der Waals surface area contributed by atoms with Crippen LogP contribution < -0.4 is 16.8 Å². The van der Waals surface area contributed by atoms with Crippen molar-refractivity contribution in [1.29, 1.82) is 0 Å². The van der Waals surface area contributed by atoms with Gasteiger partial charge in [0.15, 0.2) is 5.69 Å². The maximum atomic E-state index is 13.0. The highest BCUT2D eigenvalue weighted by Crippen LogP contribution is 2.17. The number of benzene rings is 1. The number of hydrogen-bond acceptors (Lipinski definition) is 5. The number of rotatable bonds is 8. The number of nitrogens with zero attached hydrogens (tertiary/aromatic N) is 4. The first-order valence-corrected chi connectivity index (χ1v) is 10.3. The summed E-state index contributed by atoms with van der Waals surface area (Å²) in [5.74, 6) is -0.453. The molecule has 9 heteroatoms. The third-order valence-electron chi connectivity index (χ3n) is 5.29. The quantitative estimate of drug-likeness (QED) is 0.426. The van der Waals surface area contributed by atoms with Crippen molar-refractivity contribution in [3.05, 3.63) is 72.8 Å². The van der Waals surface area contributed by atoms with E-state index >= 15 is 0 Å². The average Bonchev–Trinajstić information content (AvgIpc) is 2.96. The van der Waals surface area contributed by atoms with E-state index in [0.29, 0.717) is 17.8 Å². The largest absolute Gasteiger partial charge is 0.494 e. The van der Waals surface area contributed by atoms with E-state index in [9.17, 15) is 19.5 Å². The summed E-state index contributed by atoms with van der Waals surface area (Å²) in [5, 5.41) is 10.5. The van der Waals surface area contributed by atoms with Crippen LogP contribution in [0.2, 0.25) is 0 Å². The van der Waals surface area contributed by atoms with Gasteiger partial charge in [0.1, 0.15) is 5.56 Å². The molecule has 0 atom stereocenters. The van der Waals surface area contributed by atoms with Crippen molar-refractivity contribution >= 4 is 11.9 Å². The first-order valence-electron chi connectivity index (χ1n) is 10.3. The molecule has 0 fully saturated rings. The zero-order chi connectivity index (χ0) is 22.5. The highest BCUT2D eigenvalue weighted by Gasteiger charge is 2.17. The summed E-state index contributed by atoms with van der Waals surface area (Å²) in [6.45, 7) is 4.11. The van der Waals surface area contributed by atoms with Crippen LogP contribution in [0.5, 0.6) is 5.88 Å².